The Kier molecular flexibility index (Phi) is 3.62. The lowest BCUT2D eigenvalue weighted by Crippen LogP contribution is -2.42. The van der Waals surface area contributed by atoms with E-state index < -0.39 is 0 Å². The third kappa shape index (κ3) is 2.51. The largest absolute Gasteiger partial charge is 0.321 e. The van der Waals surface area contributed by atoms with Gasteiger partial charge in [0.1, 0.15) is 0 Å². The fraction of sp³-hybridized carbons (Fsp3) is 0.368. The van der Waals surface area contributed by atoms with E-state index in [1.54, 1.807) is 0 Å². The Balaban J connectivity index is 1.89. The Bertz CT molecular complexity index is 585. The van der Waals surface area contributed by atoms with Crippen molar-refractivity contribution in [3.05, 3.63) is 70.8 Å². The van der Waals surface area contributed by atoms with E-state index in [0.29, 0.717) is 0 Å². The van der Waals surface area contributed by atoms with Gasteiger partial charge in [-0.2, -0.15) is 0 Å². The normalized spacial score (nSPS) is 21.5. The van der Waals surface area contributed by atoms with Crippen molar-refractivity contribution in [1.29, 1.82) is 0 Å². The average molecular weight is 265 g/mol. The summed E-state index contributed by atoms with van der Waals surface area (Å²) in [4.78, 5) is 0. The van der Waals surface area contributed by atoms with Gasteiger partial charge in [-0.05, 0) is 54.4 Å². The summed E-state index contributed by atoms with van der Waals surface area (Å²) < 4.78 is 0. The van der Waals surface area contributed by atoms with Crippen LogP contribution in [0.1, 0.15) is 42.0 Å². The predicted molar refractivity (Wildman–Crippen MR) is 84.8 cm³/mol. The lowest BCUT2D eigenvalue weighted by molar-refractivity contribution is 0.369. The molecule has 0 saturated carbocycles. The molecule has 104 valence electrons. The summed E-state index contributed by atoms with van der Waals surface area (Å²) in [6, 6.07) is 17.6. The van der Waals surface area contributed by atoms with E-state index in [-0.39, 0.29) is 5.54 Å². The molecule has 2 aromatic carbocycles. The van der Waals surface area contributed by atoms with E-state index in [2.05, 4.69) is 55.5 Å². The van der Waals surface area contributed by atoms with E-state index in [4.69, 9.17) is 5.73 Å². The third-order valence-corrected chi connectivity index (χ3v) is 4.57. The van der Waals surface area contributed by atoms with Gasteiger partial charge < -0.3 is 5.73 Å². The van der Waals surface area contributed by atoms with Gasteiger partial charge in [-0.3, -0.25) is 0 Å². The highest BCUT2D eigenvalue weighted by Crippen LogP contribution is 2.35. The molecular weight excluding hydrogens is 242 g/mol. The van der Waals surface area contributed by atoms with E-state index in [1.165, 1.54) is 35.1 Å². The molecule has 1 aliphatic carbocycles. The van der Waals surface area contributed by atoms with Crippen molar-refractivity contribution in [2.24, 2.45) is 5.73 Å². The molecule has 0 spiro atoms. The van der Waals surface area contributed by atoms with Crippen LogP contribution < -0.4 is 5.73 Å². The van der Waals surface area contributed by atoms with Crippen molar-refractivity contribution >= 4 is 0 Å². The van der Waals surface area contributed by atoms with Crippen molar-refractivity contribution < 1.29 is 0 Å². The maximum Gasteiger partial charge on any atom is 0.0453 e. The topological polar surface area (TPSA) is 26.0 Å². The van der Waals surface area contributed by atoms with Gasteiger partial charge in [0.15, 0.2) is 0 Å². The van der Waals surface area contributed by atoms with Crippen molar-refractivity contribution in [1.82, 2.24) is 0 Å². The lowest BCUT2D eigenvalue weighted by Gasteiger charge is -2.36. The van der Waals surface area contributed by atoms with Crippen LogP contribution in [0.4, 0.5) is 0 Å². The molecule has 0 saturated heterocycles. The predicted octanol–water partition coefficient (Wildman–Crippen LogP) is 3.98. The first-order valence-electron chi connectivity index (χ1n) is 7.66. The number of rotatable bonds is 3. The van der Waals surface area contributed by atoms with Crippen LogP contribution >= 0.6 is 0 Å². The first-order valence-corrected chi connectivity index (χ1v) is 7.66. The summed E-state index contributed by atoms with van der Waals surface area (Å²) in [7, 11) is 0. The third-order valence-electron chi connectivity index (χ3n) is 4.57. The summed E-state index contributed by atoms with van der Waals surface area (Å²) >= 11 is 0. The van der Waals surface area contributed by atoms with Crippen LogP contribution in [-0.2, 0) is 24.8 Å². The van der Waals surface area contributed by atoms with E-state index >= 15 is 0 Å². The van der Waals surface area contributed by atoms with Gasteiger partial charge >= 0.3 is 0 Å². The highest BCUT2D eigenvalue weighted by Gasteiger charge is 2.32. The molecular formula is C19H23N. The number of aryl methyl sites for hydroxylation is 2. The Morgan fingerprint density at radius 3 is 2.45 bits per heavy atom. The van der Waals surface area contributed by atoms with Crippen LogP contribution in [0.25, 0.3) is 0 Å². The Morgan fingerprint density at radius 2 is 1.70 bits per heavy atom. The number of benzene rings is 2. The second-order valence-electron chi connectivity index (χ2n) is 6.01. The van der Waals surface area contributed by atoms with Gasteiger partial charge in [0.2, 0.25) is 0 Å². The molecule has 1 nitrogen and oxygen atoms in total. The molecule has 0 bridgehead atoms. The summed E-state index contributed by atoms with van der Waals surface area (Å²) in [5.41, 5.74) is 12.1. The standard InChI is InChI=1S/C19H23N/c1-2-15-9-11-16(12-10-15)14-19(20)13-5-7-17-6-3-4-8-18(17)19/h3-4,6,8-12H,2,5,7,13-14,20H2,1H3. The molecule has 0 aliphatic heterocycles. The van der Waals surface area contributed by atoms with Gasteiger partial charge in [-0.15, -0.1) is 0 Å². The van der Waals surface area contributed by atoms with Gasteiger partial charge in [0.05, 0.1) is 0 Å². The summed E-state index contributed by atoms with van der Waals surface area (Å²) in [5, 5.41) is 0. The molecule has 1 unspecified atom stereocenters. The van der Waals surface area contributed by atoms with Gasteiger partial charge in [-0.25, -0.2) is 0 Å². The van der Waals surface area contributed by atoms with Crippen LogP contribution in [-0.4, -0.2) is 0 Å². The SMILES string of the molecule is CCc1ccc(CC2(N)CCCc3ccccc32)cc1. The zero-order valence-corrected chi connectivity index (χ0v) is 12.2. The minimum absolute atomic E-state index is 0.192. The molecule has 2 aromatic rings. The zero-order chi connectivity index (χ0) is 14.0. The first-order chi connectivity index (χ1) is 9.71. The Labute approximate surface area is 121 Å². The fourth-order valence-corrected chi connectivity index (χ4v) is 3.39. The molecule has 0 heterocycles. The highest BCUT2D eigenvalue weighted by molar-refractivity contribution is 5.38. The molecule has 0 radical (unpaired) electrons. The summed E-state index contributed by atoms with van der Waals surface area (Å²) in [5.74, 6) is 0. The second kappa shape index (κ2) is 5.41. The van der Waals surface area contributed by atoms with Gasteiger partial charge in [0, 0.05) is 5.54 Å². The molecule has 0 aromatic heterocycles. The number of hydrogen-bond acceptors (Lipinski definition) is 1. The van der Waals surface area contributed by atoms with Crippen molar-refractivity contribution in [2.45, 2.75) is 44.6 Å². The van der Waals surface area contributed by atoms with Crippen LogP contribution in [0.2, 0.25) is 0 Å². The van der Waals surface area contributed by atoms with Gasteiger partial charge in [-0.1, -0.05) is 55.5 Å². The summed E-state index contributed by atoms with van der Waals surface area (Å²) in [6.45, 7) is 2.19. The molecule has 1 atom stereocenters. The Morgan fingerprint density at radius 1 is 1.00 bits per heavy atom. The average Bonchev–Trinajstić information content (AvgIpc) is 2.48. The minimum atomic E-state index is -0.192. The smallest absolute Gasteiger partial charge is 0.0453 e. The van der Waals surface area contributed by atoms with Crippen LogP contribution in [0, 0.1) is 0 Å². The minimum Gasteiger partial charge on any atom is -0.321 e. The molecule has 1 aliphatic rings. The summed E-state index contributed by atoms with van der Waals surface area (Å²) in [6.07, 6.45) is 5.48. The van der Waals surface area contributed by atoms with Gasteiger partial charge in [0.25, 0.3) is 0 Å². The fourth-order valence-electron chi connectivity index (χ4n) is 3.39. The van der Waals surface area contributed by atoms with Crippen molar-refractivity contribution in [3.63, 3.8) is 0 Å². The highest BCUT2D eigenvalue weighted by atomic mass is 14.7. The van der Waals surface area contributed by atoms with E-state index in [9.17, 15) is 0 Å². The number of nitrogens with two attached hydrogens (primary N) is 1. The maximum atomic E-state index is 6.77. The maximum absolute atomic E-state index is 6.77. The van der Waals surface area contributed by atoms with E-state index in [0.717, 1.165) is 19.3 Å². The van der Waals surface area contributed by atoms with Crippen molar-refractivity contribution in [2.75, 3.05) is 0 Å². The first kappa shape index (κ1) is 13.4. The van der Waals surface area contributed by atoms with Crippen LogP contribution in [0.3, 0.4) is 0 Å². The molecule has 1 heteroatoms. The monoisotopic (exact) mass is 265 g/mol. The van der Waals surface area contributed by atoms with Crippen LogP contribution in [0.5, 0.6) is 0 Å². The molecule has 2 N–H and O–H groups in total. The zero-order valence-electron chi connectivity index (χ0n) is 12.2. The molecule has 20 heavy (non-hydrogen) atoms. The van der Waals surface area contributed by atoms with Crippen molar-refractivity contribution in [3.8, 4) is 0 Å². The molecule has 3 rings (SSSR count). The Hall–Kier alpha value is -1.60. The lowest BCUT2D eigenvalue weighted by atomic mass is 9.74. The molecule has 0 amide bonds. The number of fused-ring (bicyclic) bond motifs is 1. The van der Waals surface area contributed by atoms with E-state index in [1.807, 2.05) is 0 Å². The quantitative estimate of drug-likeness (QED) is 0.892. The van der Waals surface area contributed by atoms with Crippen LogP contribution in [0.15, 0.2) is 48.5 Å². The number of hydrogen-bond donors (Lipinski definition) is 1. The molecule has 0 fully saturated rings. The second-order valence-corrected chi connectivity index (χ2v) is 6.01.